The van der Waals surface area contributed by atoms with Crippen molar-refractivity contribution in [3.8, 4) is 5.75 Å². The van der Waals surface area contributed by atoms with Crippen LogP contribution in [0.2, 0.25) is 5.02 Å². The zero-order chi connectivity index (χ0) is 20.3. The summed E-state index contributed by atoms with van der Waals surface area (Å²) in [6, 6.07) is 12.8. The predicted octanol–water partition coefficient (Wildman–Crippen LogP) is 4.17. The van der Waals surface area contributed by atoms with Gasteiger partial charge in [0.2, 0.25) is 0 Å². The summed E-state index contributed by atoms with van der Waals surface area (Å²) in [5.41, 5.74) is 0.892. The Labute approximate surface area is 171 Å². The number of aromatic nitrogens is 1. The summed E-state index contributed by atoms with van der Waals surface area (Å²) in [6.07, 6.45) is 0. The van der Waals surface area contributed by atoms with Crippen LogP contribution in [0, 0.1) is 6.92 Å². The monoisotopic (exact) mass is 437 g/mol. The molecule has 0 atom stereocenters. The highest BCUT2D eigenvalue weighted by atomic mass is 35.5. The number of halogens is 1. The highest BCUT2D eigenvalue weighted by molar-refractivity contribution is 7.93. The van der Waals surface area contributed by atoms with Crippen LogP contribution in [0.3, 0.4) is 0 Å². The molecule has 1 amide bonds. The smallest absolute Gasteiger partial charge is 0.267 e. The fourth-order valence-electron chi connectivity index (χ4n) is 2.36. The molecule has 0 bridgehead atoms. The molecule has 0 spiro atoms. The molecule has 28 heavy (non-hydrogen) atoms. The third kappa shape index (κ3) is 4.44. The molecule has 0 saturated carbocycles. The molecule has 0 aliphatic carbocycles. The molecule has 3 rings (SSSR count). The van der Waals surface area contributed by atoms with Gasteiger partial charge >= 0.3 is 0 Å². The van der Waals surface area contributed by atoms with Crippen LogP contribution in [0.1, 0.15) is 15.4 Å². The predicted molar refractivity (Wildman–Crippen MR) is 110 cm³/mol. The molecule has 2 aromatic carbocycles. The molecule has 0 saturated heterocycles. The van der Waals surface area contributed by atoms with Crippen molar-refractivity contribution in [2.24, 2.45) is 0 Å². The van der Waals surface area contributed by atoms with Gasteiger partial charge in [-0.3, -0.25) is 9.52 Å². The number of carbonyl (C=O) groups excluding carboxylic acids is 1. The molecule has 146 valence electrons. The maximum absolute atomic E-state index is 12.6. The van der Waals surface area contributed by atoms with E-state index in [4.69, 9.17) is 16.3 Å². The van der Waals surface area contributed by atoms with Crippen molar-refractivity contribution in [1.29, 1.82) is 0 Å². The number of nitrogens with one attached hydrogen (secondary N) is 2. The van der Waals surface area contributed by atoms with Gasteiger partial charge in [0.05, 0.1) is 22.7 Å². The van der Waals surface area contributed by atoms with E-state index < -0.39 is 15.9 Å². The minimum absolute atomic E-state index is 0.110. The molecule has 1 aromatic heterocycles. The van der Waals surface area contributed by atoms with Gasteiger partial charge in [0.1, 0.15) is 10.6 Å². The first-order valence-corrected chi connectivity index (χ1v) is 10.7. The van der Waals surface area contributed by atoms with E-state index in [0.717, 1.165) is 11.3 Å². The number of sulfonamides is 1. The molecular formula is C18H16ClN3O4S2. The zero-order valence-corrected chi connectivity index (χ0v) is 17.3. The van der Waals surface area contributed by atoms with Gasteiger partial charge in [-0.05, 0) is 37.3 Å². The third-order valence-corrected chi connectivity index (χ3v) is 6.54. The number of nitrogens with zero attached hydrogens (tertiary/aromatic N) is 1. The summed E-state index contributed by atoms with van der Waals surface area (Å²) in [6.45, 7) is 1.63. The van der Waals surface area contributed by atoms with Crippen molar-refractivity contribution < 1.29 is 17.9 Å². The normalized spacial score (nSPS) is 11.1. The Morgan fingerprint density at radius 1 is 1.18 bits per heavy atom. The lowest BCUT2D eigenvalue weighted by molar-refractivity contribution is 0.103. The Hall–Kier alpha value is -2.62. The lowest BCUT2D eigenvalue weighted by Gasteiger charge is -2.07. The second-order valence-corrected chi connectivity index (χ2v) is 8.74. The Bertz CT molecular complexity index is 1120. The number of methoxy groups -OCH3 is 1. The molecular weight excluding hydrogens is 422 g/mol. The summed E-state index contributed by atoms with van der Waals surface area (Å²) < 4.78 is 32.3. The molecule has 0 aliphatic rings. The van der Waals surface area contributed by atoms with Gasteiger partial charge in [0.15, 0.2) is 5.13 Å². The van der Waals surface area contributed by atoms with Crippen molar-refractivity contribution >= 4 is 49.7 Å². The van der Waals surface area contributed by atoms with Crippen LogP contribution < -0.4 is 14.8 Å². The maximum Gasteiger partial charge on any atom is 0.267 e. The van der Waals surface area contributed by atoms with Crippen molar-refractivity contribution in [2.45, 2.75) is 11.8 Å². The summed E-state index contributed by atoms with van der Waals surface area (Å²) in [4.78, 5) is 17.1. The van der Waals surface area contributed by atoms with E-state index in [0.29, 0.717) is 22.2 Å². The number of anilines is 2. The van der Waals surface area contributed by atoms with E-state index in [2.05, 4.69) is 15.0 Å². The number of hydrogen-bond acceptors (Lipinski definition) is 6. The Kier molecular flexibility index (Phi) is 5.87. The maximum atomic E-state index is 12.6. The van der Waals surface area contributed by atoms with E-state index >= 15 is 0 Å². The highest BCUT2D eigenvalue weighted by Crippen LogP contribution is 2.29. The average molecular weight is 438 g/mol. The van der Waals surface area contributed by atoms with Gasteiger partial charge in [-0.25, -0.2) is 13.4 Å². The zero-order valence-electron chi connectivity index (χ0n) is 14.9. The number of rotatable bonds is 6. The number of amides is 1. The van der Waals surface area contributed by atoms with Crippen LogP contribution in [0.4, 0.5) is 10.8 Å². The topological polar surface area (TPSA) is 97.4 Å². The van der Waals surface area contributed by atoms with E-state index in [9.17, 15) is 13.2 Å². The summed E-state index contributed by atoms with van der Waals surface area (Å²) in [5.74, 6) is 0.0765. The van der Waals surface area contributed by atoms with Crippen LogP contribution in [-0.4, -0.2) is 26.4 Å². The van der Waals surface area contributed by atoms with Crippen LogP contribution in [0.15, 0.2) is 53.4 Å². The first-order valence-electron chi connectivity index (χ1n) is 8.00. The van der Waals surface area contributed by atoms with E-state index in [-0.39, 0.29) is 14.9 Å². The van der Waals surface area contributed by atoms with Crippen LogP contribution in [-0.2, 0) is 10.0 Å². The fraction of sp³-hybridized carbons (Fsp3) is 0.111. The molecule has 1 heterocycles. The summed E-state index contributed by atoms with van der Waals surface area (Å²) in [5, 5.41) is 3.18. The van der Waals surface area contributed by atoms with Gasteiger partial charge in [-0.15, -0.1) is 0 Å². The van der Waals surface area contributed by atoms with Crippen molar-refractivity contribution in [2.75, 3.05) is 17.1 Å². The molecule has 2 N–H and O–H groups in total. The van der Waals surface area contributed by atoms with E-state index in [1.54, 1.807) is 43.3 Å². The Morgan fingerprint density at radius 2 is 1.89 bits per heavy atom. The molecule has 0 radical (unpaired) electrons. The van der Waals surface area contributed by atoms with Gasteiger partial charge in [0, 0.05) is 5.69 Å². The summed E-state index contributed by atoms with van der Waals surface area (Å²) in [7, 11) is -2.28. The molecule has 0 unspecified atom stereocenters. The minimum atomic E-state index is -3.78. The molecule has 7 nitrogen and oxygen atoms in total. The lowest BCUT2D eigenvalue weighted by atomic mass is 10.3. The van der Waals surface area contributed by atoms with Crippen LogP contribution in [0.25, 0.3) is 0 Å². The van der Waals surface area contributed by atoms with Gasteiger partial charge in [0.25, 0.3) is 15.9 Å². The average Bonchev–Trinajstić information content (AvgIpc) is 3.02. The summed E-state index contributed by atoms with van der Waals surface area (Å²) >= 11 is 7.01. The van der Waals surface area contributed by atoms with Crippen LogP contribution >= 0.6 is 22.9 Å². The number of thiazole rings is 1. The Balaban J connectivity index is 1.78. The van der Waals surface area contributed by atoms with E-state index in [1.165, 1.54) is 19.2 Å². The number of carbonyl (C=O) groups is 1. The number of aryl methyl sites for hydroxylation is 1. The molecule has 0 fully saturated rings. The van der Waals surface area contributed by atoms with Crippen molar-refractivity contribution in [3.63, 3.8) is 0 Å². The lowest BCUT2D eigenvalue weighted by Crippen LogP contribution is -2.12. The van der Waals surface area contributed by atoms with E-state index in [1.807, 2.05) is 0 Å². The first-order chi connectivity index (χ1) is 13.3. The van der Waals surface area contributed by atoms with Crippen LogP contribution in [0.5, 0.6) is 5.75 Å². The fourth-order valence-corrected chi connectivity index (χ4v) is 4.73. The van der Waals surface area contributed by atoms with Crippen molar-refractivity contribution in [1.82, 2.24) is 4.98 Å². The molecule has 0 aliphatic heterocycles. The SMILES string of the molecule is COc1ccc(NC(=O)c2sc(NS(=O)(=O)c3ccccc3)nc2C)cc1Cl. The molecule has 10 heteroatoms. The molecule has 3 aromatic rings. The second kappa shape index (κ2) is 8.17. The standard InChI is InChI=1S/C18H16ClN3O4S2/c1-11-16(17(23)21-12-8-9-15(26-2)14(19)10-12)27-18(20-11)22-28(24,25)13-6-4-3-5-7-13/h3-10H,1-2H3,(H,20,22)(H,21,23). The number of benzene rings is 2. The van der Waals surface area contributed by atoms with Gasteiger partial charge in [-0.1, -0.05) is 41.1 Å². The Morgan fingerprint density at radius 3 is 2.54 bits per heavy atom. The number of hydrogen-bond donors (Lipinski definition) is 2. The largest absolute Gasteiger partial charge is 0.495 e. The second-order valence-electron chi connectivity index (χ2n) is 5.66. The number of ether oxygens (including phenoxy) is 1. The first kappa shape index (κ1) is 20.1. The third-order valence-electron chi connectivity index (χ3n) is 3.69. The van der Waals surface area contributed by atoms with Crippen molar-refractivity contribution in [3.05, 3.63) is 64.1 Å². The quantitative estimate of drug-likeness (QED) is 0.603. The van der Waals surface area contributed by atoms with Gasteiger partial charge < -0.3 is 10.1 Å². The van der Waals surface area contributed by atoms with Gasteiger partial charge in [-0.2, -0.15) is 0 Å². The minimum Gasteiger partial charge on any atom is -0.495 e. The highest BCUT2D eigenvalue weighted by Gasteiger charge is 2.20.